The molecular weight excluding hydrogens is 277 g/mol. The van der Waals surface area contributed by atoms with Gasteiger partial charge in [-0.15, -0.1) is 0 Å². The SMILES string of the molecule is CCCCCCCCCCCC(=O)NC(C)(C)C(=O)O.[H-].[Na+]. The quantitative estimate of drug-likeness (QED) is 0.417. The monoisotopic (exact) mass is 309 g/mol. The van der Waals surface area contributed by atoms with Crippen LogP contribution in [0, 0.1) is 0 Å². The fourth-order valence-electron chi connectivity index (χ4n) is 2.06. The van der Waals surface area contributed by atoms with Crippen LogP contribution in [0.3, 0.4) is 0 Å². The van der Waals surface area contributed by atoms with Crippen molar-refractivity contribution in [3.8, 4) is 0 Å². The van der Waals surface area contributed by atoms with Crippen LogP contribution in [0.15, 0.2) is 0 Å². The van der Waals surface area contributed by atoms with Gasteiger partial charge < -0.3 is 11.8 Å². The number of carbonyl (C=O) groups is 2. The summed E-state index contributed by atoms with van der Waals surface area (Å²) in [7, 11) is 0. The van der Waals surface area contributed by atoms with Gasteiger partial charge in [0.25, 0.3) is 0 Å². The van der Waals surface area contributed by atoms with E-state index in [2.05, 4.69) is 12.2 Å². The van der Waals surface area contributed by atoms with Crippen LogP contribution in [0.25, 0.3) is 0 Å². The Morgan fingerprint density at radius 1 is 0.952 bits per heavy atom. The van der Waals surface area contributed by atoms with Gasteiger partial charge in [-0.2, -0.15) is 0 Å². The van der Waals surface area contributed by atoms with Crippen molar-refractivity contribution < 1.29 is 45.7 Å². The zero-order valence-corrected chi connectivity index (χ0v) is 16.3. The number of hydrogen-bond acceptors (Lipinski definition) is 2. The van der Waals surface area contributed by atoms with E-state index in [1.54, 1.807) is 0 Å². The molecule has 0 aliphatic heterocycles. The largest absolute Gasteiger partial charge is 1.00 e. The normalized spacial score (nSPS) is 10.8. The van der Waals surface area contributed by atoms with Crippen LogP contribution < -0.4 is 34.9 Å². The smallest absolute Gasteiger partial charge is 1.00 e. The van der Waals surface area contributed by atoms with E-state index in [0.717, 1.165) is 12.8 Å². The van der Waals surface area contributed by atoms with Crippen LogP contribution in [-0.4, -0.2) is 22.5 Å². The fraction of sp³-hybridized carbons (Fsp3) is 0.875. The van der Waals surface area contributed by atoms with Gasteiger partial charge in [0.2, 0.25) is 5.91 Å². The first kappa shape index (κ1) is 23.2. The number of unbranched alkanes of at least 4 members (excludes halogenated alkanes) is 8. The van der Waals surface area contributed by atoms with E-state index in [4.69, 9.17) is 5.11 Å². The first-order chi connectivity index (χ1) is 9.40. The minimum absolute atomic E-state index is 0. The third-order valence-electron chi connectivity index (χ3n) is 3.49. The van der Waals surface area contributed by atoms with E-state index in [0.29, 0.717) is 6.42 Å². The molecule has 0 radical (unpaired) electrons. The maximum atomic E-state index is 11.6. The predicted octanol–water partition coefficient (Wildman–Crippen LogP) is 1.00. The number of aliphatic carboxylic acids is 1. The van der Waals surface area contributed by atoms with Crippen molar-refractivity contribution in [1.82, 2.24) is 5.32 Å². The first-order valence-corrected chi connectivity index (χ1v) is 7.94. The summed E-state index contributed by atoms with van der Waals surface area (Å²) in [5.41, 5.74) is -1.17. The minimum Gasteiger partial charge on any atom is -1.00 e. The Labute approximate surface area is 153 Å². The van der Waals surface area contributed by atoms with Crippen molar-refractivity contribution >= 4 is 11.9 Å². The van der Waals surface area contributed by atoms with Crippen molar-refractivity contribution in [1.29, 1.82) is 0 Å². The number of amides is 1. The van der Waals surface area contributed by atoms with Crippen molar-refractivity contribution in [2.24, 2.45) is 0 Å². The van der Waals surface area contributed by atoms with Crippen LogP contribution in [0.4, 0.5) is 0 Å². The third-order valence-corrected chi connectivity index (χ3v) is 3.49. The molecule has 4 nitrogen and oxygen atoms in total. The average molecular weight is 309 g/mol. The summed E-state index contributed by atoms with van der Waals surface area (Å²) in [4.78, 5) is 22.5. The van der Waals surface area contributed by atoms with Gasteiger partial charge in [-0.05, 0) is 20.3 Å². The summed E-state index contributed by atoms with van der Waals surface area (Å²) in [6.07, 6.45) is 11.3. The number of nitrogens with one attached hydrogen (secondary N) is 1. The molecule has 5 heteroatoms. The maximum Gasteiger partial charge on any atom is 1.00 e. The molecule has 0 aromatic heterocycles. The molecule has 120 valence electrons. The van der Waals surface area contributed by atoms with Crippen LogP contribution in [0.2, 0.25) is 0 Å². The minimum atomic E-state index is -1.17. The Morgan fingerprint density at radius 2 is 1.38 bits per heavy atom. The number of carboxylic acid groups (broad SMARTS) is 1. The van der Waals surface area contributed by atoms with Crippen molar-refractivity contribution in [2.75, 3.05) is 0 Å². The number of rotatable bonds is 12. The molecule has 0 aliphatic rings. The van der Waals surface area contributed by atoms with E-state index in [1.807, 2.05) is 0 Å². The van der Waals surface area contributed by atoms with Crippen LogP contribution >= 0.6 is 0 Å². The fourth-order valence-corrected chi connectivity index (χ4v) is 2.06. The molecule has 0 aromatic rings. The van der Waals surface area contributed by atoms with Gasteiger partial charge in [0.15, 0.2) is 0 Å². The number of carboxylic acids is 1. The van der Waals surface area contributed by atoms with Gasteiger partial charge in [-0.3, -0.25) is 4.79 Å². The van der Waals surface area contributed by atoms with Crippen LogP contribution in [-0.2, 0) is 9.59 Å². The molecule has 0 saturated carbocycles. The summed E-state index contributed by atoms with van der Waals surface area (Å²) in [5, 5.41) is 11.4. The van der Waals surface area contributed by atoms with Crippen molar-refractivity contribution in [2.45, 2.75) is 90.5 Å². The summed E-state index contributed by atoms with van der Waals surface area (Å²) >= 11 is 0. The topological polar surface area (TPSA) is 66.4 Å². The summed E-state index contributed by atoms with van der Waals surface area (Å²) in [5.74, 6) is -1.17. The predicted molar refractivity (Wildman–Crippen MR) is 82.8 cm³/mol. The molecule has 0 saturated heterocycles. The second-order valence-electron chi connectivity index (χ2n) is 6.06. The van der Waals surface area contributed by atoms with E-state index in [1.165, 1.54) is 58.8 Å². The molecule has 0 atom stereocenters. The van der Waals surface area contributed by atoms with E-state index >= 15 is 0 Å². The number of carbonyl (C=O) groups excluding carboxylic acids is 1. The van der Waals surface area contributed by atoms with Gasteiger partial charge in [0.05, 0.1) is 0 Å². The second kappa shape index (κ2) is 13.6. The van der Waals surface area contributed by atoms with Gasteiger partial charge in [-0.1, -0.05) is 58.3 Å². The molecule has 0 fully saturated rings. The standard InChI is InChI=1S/C16H31NO3.Na.H/c1-4-5-6-7-8-9-10-11-12-13-14(18)17-16(2,3)15(19)20;;/h4-13H2,1-3H3,(H,17,18)(H,19,20);;/q;+1;-1. The van der Waals surface area contributed by atoms with Crippen LogP contribution in [0.1, 0.15) is 86.4 Å². The zero-order valence-electron chi connectivity index (χ0n) is 15.3. The van der Waals surface area contributed by atoms with E-state index in [-0.39, 0.29) is 36.9 Å². The summed E-state index contributed by atoms with van der Waals surface area (Å²) < 4.78 is 0. The Balaban J connectivity index is -0.00000180. The second-order valence-corrected chi connectivity index (χ2v) is 6.06. The molecule has 0 rings (SSSR count). The van der Waals surface area contributed by atoms with Gasteiger partial charge in [0, 0.05) is 6.42 Å². The number of hydrogen-bond donors (Lipinski definition) is 2. The zero-order chi connectivity index (χ0) is 15.4. The first-order valence-electron chi connectivity index (χ1n) is 7.94. The Morgan fingerprint density at radius 3 is 1.81 bits per heavy atom. The molecular formula is C16H32NNaO3. The Bertz CT molecular complexity index is 299. The van der Waals surface area contributed by atoms with Gasteiger partial charge >= 0.3 is 35.5 Å². The molecule has 0 spiro atoms. The third kappa shape index (κ3) is 13.3. The van der Waals surface area contributed by atoms with Crippen molar-refractivity contribution in [3.63, 3.8) is 0 Å². The molecule has 0 heterocycles. The average Bonchev–Trinajstić information content (AvgIpc) is 2.36. The molecule has 0 unspecified atom stereocenters. The van der Waals surface area contributed by atoms with Gasteiger partial charge in [-0.25, -0.2) is 4.79 Å². The Hall–Kier alpha value is -0.0600. The van der Waals surface area contributed by atoms with E-state index < -0.39 is 11.5 Å². The Kier molecular flexibility index (Phi) is 15.0. The molecule has 21 heavy (non-hydrogen) atoms. The molecule has 0 aromatic carbocycles. The van der Waals surface area contributed by atoms with Gasteiger partial charge in [0.1, 0.15) is 5.54 Å². The molecule has 1 amide bonds. The maximum absolute atomic E-state index is 11.6. The molecule has 2 N–H and O–H groups in total. The molecule has 0 bridgehead atoms. The van der Waals surface area contributed by atoms with E-state index in [9.17, 15) is 9.59 Å². The molecule has 0 aliphatic carbocycles. The van der Waals surface area contributed by atoms with Crippen molar-refractivity contribution in [3.05, 3.63) is 0 Å². The summed E-state index contributed by atoms with van der Waals surface area (Å²) in [6, 6.07) is 0. The van der Waals surface area contributed by atoms with Crippen LogP contribution in [0.5, 0.6) is 0 Å². The summed E-state index contributed by atoms with van der Waals surface area (Å²) in [6.45, 7) is 5.23.